The SMILES string of the molecule is Cc1ccc2[nH]nc(C(=O)N(C)C[C@@H]3CCCN(CCc4ccccc4F)C3)c2c1. The molecule has 0 aliphatic carbocycles. The van der Waals surface area contributed by atoms with Gasteiger partial charge in [-0.3, -0.25) is 9.89 Å². The maximum atomic E-state index is 13.9. The maximum absolute atomic E-state index is 13.9. The highest BCUT2D eigenvalue weighted by molar-refractivity contribution is 6.04. The zero-order valence-corrected chi connectivity index (χ0v) is 17.7. The third-order valence-electron chi connectivity index (χ3n) is 6.06. The van der Waals surface area contributed by atoms with Crippen LogP contribution >= 0.6 is 0 Å². The number of rotatable bonds is 6. The van der Waals surface area contributed by atoms with Crippen LogP contribution < -0.4 is 0 Å². The van der Waals surface area contributed by atoms with Crippen LogP contribution in [0.2, 0.25) is 0 Å². The van der Waals surface area contributed by atoms with Crippen LogP contribution in [0.4, 0.5) is 4.39 Å². The number of aromatic amines is 1. The fraction of sp³-hybridized carbons (Fsp3) is 0.417. The smallest absolute Gasteiger partial charge is 0.274 e. The fourth-order valence-electron chi connectivity index (χ4n) is 4.42. The Labute approximate surface area is 176 Å². The number of likely N-dealkylation sites (tertiary alicyclic amines) is 1. The number of aromatic nitrogens is 2. The van der Waals surface area contributed by atoms with Crippen molar-refractivity contribution < 1.29 is 9.18 Å². The second-order valence-corrected chi connectivity index (χ2v) is 8.46. The number of halogens is 1. The van der Waals surface area contributed by atoms with Crippen LogP contribution in [0, 0.1) is 18.7 Å². The number of piperidine rings is 1. The third kappa shape index (κ3) is 4.54. The molecule has 1 atom stereocenters. The number of amides is 1. The minimum absolute atomic E-state index is 0.0460. The minimum atomic E-state index is -0.127. The van der Waals surface area contributed by atoms with Gasteiger partial charge in [0.1, 0.15) is 5.82 Å². The van der Waals surface area contributed by atoms with Gasteiger partial charge in [0.25, 0.3) is 5.91 Å². The van der Waals surface area contributed by atoms with E-state index in [1.54, 1.807) is 11.0 Å². The Kier molecular flexibility index (Phi) is 6.13. The zero-order valence-electron chi connectivity index (χ0n) is 17.7. The van der Waals surface area contributed by atoms with E-state index in [1.807, 2.05) is 44.3 Å². The van der Waals surface area contributed by atoms with E-state index in [9.17, 15) is 9.18 Å². The monoisotopic (exact) mass is 408 g/mol. The number of hydrogen-bond donors (Lipinski definition) is 1. The van der Waals surface area contributed by atoms with E-state index in [0.29, 0.717) is 24.6 Å². The van der Waals surface area contributed by atoms with Gasteiger partial charge in [0.05, 0.1) is 5.52 Å². The van der Waals surface area contributed by atoms with Crippen molar-refractivity contribution in [1.29, 1.82) is 0 Å². The summed E-state index contributed by atoms with van der Waals surface area (Å²) in [4.78, 5) is 17.2. The zero-order chi connectivity index (χ0) is 21.1. The highest BCUT2D eigenvalue weighted by Crippen LogP contribution is 2.22. The van der Waals surface area contributed by atoms with Crippen LogP contribution in [0.15, 0.2) is 42.5 Å². The van der Waals surface area contributed by atoms with Crippen molar-refractivity contribution in [2.24, 2.45) is 5.92 Å². The van der Waals surface area contributed by atoms with Gasteiger partial charge in [-0.1, -0.05) is 29.8 Å². The van der Waals surface area contributed by atoms with E-state index in [2.05, 4.69) is 15.1 Å². The molecule has 0 spiro atoms. The van der Waals surface area contributed by atoms with Crippen LogP contribution in [-0.4, -0.2) is 59.1 Å². The lowest BCUT2D eigenvalue weighted by Gasteiger charge is -2.34. The second-order valence-electron chi connectivity index (χ2n) is 8.46. The Balaban J connectivity index is 1.35. The molecule has 2 heterocycles. The summed E-state index contributed by atoms with van der Waals surface area (Å²) >= 11 is 0. The van der Waals surface area contributed by atoms with Gasteiger partial charge < -0.3 is 9.80 Å². The Morgan fingerprint density at radius 2 is 2.13 bits per heavy atom. The first kappa shape index (κ1) is 20.5. The van der Waals surface area contributed by atoms with E-state index in [4.69, 9.17) is 0 Å². The molecule has 3 aromatic rings. The van der Waals surface area contributed by atoms with Crippen molar-refractivity contribution in [1.82, 2.24) is 20.0 Å². The largest absolute Gasteiger partial charge is 0.340 e. The van der Waals surface area contributed by atoms with E-state index < -0.39 is 0 Å². The first-order valence-corrected chi connectivity index (χ1v) is 10.7. The van der Waals surface area contributed by atoms with E-state index in [1.165, 1.54) is 6.07 Å². The van der Waals surface area contributed by atoms with Gasteiger partial charge >= 0.3 is 0 Å². The molecule has 1 fully saturated rings. The normalized spacial score (nSPS) is 17.4. The molecule has 0 saturated carbocycles. The summed E-state index contributed by atoms with van der Waals surface area (Å²) < 4.78 is 13.9. The van der Waals surface area contributed by atoms with Gasteiger partial charge in [0.15, 0.2) is 5.69 Å². The highest BCUT2D eigenvalue weighted by Gasteiger charge is 2.25. The van der Waals surface area contributed by atoms with Crippen molar-refractivity contribution in [3.8, 4) is 0 Å². The molecule has 5 nitrogen and oxygen atoms in total. The maximum Gasteiger partial charge on any atom is 0.274 e. The molecule has 0 unspecified atom stereocenters. The van der Waals surface area contributed by atoms with Crippen molar-refractivity contribution in [2.45, 2.75) is 26.2 Å². The molecule has 1 N–H and O–H groups in total. The summed E-state index contributed by atoms with van der Waals surface area (Å²) in [7, 11) is 1.86. The van der Waals surface area contributed by atoms with E-state index in [0.717, 1.165) is 54.5 Å². The Morgan fingerprint density at radius 3 is 2.97 bits per heavy atom. The summed E-state index contributed by atoms with van der Waals surface area (Å²) in [5, 5.41) is 8.11. The molecule has 1 aromatic heterocycles. The average molecular weight is 409 g/mol. The number of carbonyl (C=O) groups excluding carboxylic acids is 1. The Hall–Kier alpha value is -2.73. The number of aryl methyl sites for hydroxylation is 1. The highest BCUT2D eigenvalue weighted by atomic mass is 19.1. The standard InChI is InChI=1S/C24H29FN4O/c1-17-9-10-22-20(14-17)23(27-26-22)24(30)28(2)15-18-6-5-12-29(16-18)13-11-19-7-3-4-8-21(19)25/h3-4,7-10,14,18H,5-6,11-13,15-16H2,1-2H3,(H,26,27)/t18-/m0/s1. The molecule has 6 heteroatoms. The summed E-state index contributed by atoms with van der Waals surface area (Å²) in [6.45, 7) is 5.54. The molecule has 1 aliphatic heterocycles. The molecule has 2 aromatic carbocycles. The number of nitrogens with zero attached hydrogens (tertiary/aromatic N) is 3. The number of nitrogens with one attached hydrogen (secondary N) is 1. The molecular formula is C24H29FN4O. The number of carbonyl (C=O) groups is 1. The number of fused-ring (bicyclic) bond motifs is 1. The molecule has 1 amide bonds. The molecule has 1 aliphatic rings. The Bertz CT molecular complexity index is 1030. The lowest BCUT2D eigenvalue weighted by atomic mass is 9.97. The van der Waals surface area contributed by atoms with Gasteiger partial charge in [-0.25, -0.2) is 4.39 Å². The van der Waals surface area contributed by atoms with Crippen molar-refractivity contribution in [2.75, 3.05) is 33.2 Å². The van der Waals surface area contributed by atoms with Crippen molar-refractivity contribution in [3.63, 3.8) is 0 Å². The molecule has 0 bridgehead atoms. The van der Waals surface area contributed by atoms with Crippen LogP contribution in [0.25, 0.3) is 10.9 Å². The topological polar surface area (TPSA) is 52.2 Å². The molecule has 1 saturated heterocycles. The molecule has 158 valence electrons. The van der Waals surface area contributed by atoms with Crippen LogP contribution in [0.1, 0.15) is 34.5 Å². The van der Waals surface area contributed by atoms with Crippen LogP contribution in [0.3, 0.4) is 0 Å². The molecule has 30 heavy (non-hydrogen) atoms. The van der Waals surface area contributed by atoms with E-state index >= 15 is 0 Å². The van der Waals surface area contributed by atoms with Crippen LogP contribution in [-0.2, 0) is 6.42 Å². The molecular weight excluding hydrogens is 379 g/mol. The number of hydrogen-bond acceptors (Lipinski definition) is 3. The lowest BCUT2D eigenvalue weighted by Crippen LogP contribution is -2.42. The van der Waals surface area contributed by atoms with Gasteiger partial charge in [0, 0.05) is 32.1 Å². The average Bonchev–Trinajstić information content (AvgIpc) is 3.16. The predicted octanol–water partition coefficient (Wildman–Crippen LogP) is 4.04. The Morgan fingerprint density at radius 1 is 1.30 bits per heavy atom. The fourth-order valence-corrected chi connectivity index (χ4v) is 4.42. The third-order valence-corrected chi connectivity index (χ3v) is 6.06. The molecule has 4 rings (SSSR count). The summed E-state index contributed by atoms with van der Waals surface area (Å²) in [5.41, 5.74) is 3.25. The van der Waals surface area contributed by atoms with Crippen molar-refractivity contribution >= 4 is 16.8 Å². The van der Waals surface area contributed by atoms with Crippen LogP contribution in [0.5, 0.6) is 0 Å². The first-order valence-electron chi connectivity index (χ1n) is 10.7. The van der Waals surface area contributed by atoms with Gasteiger partial charge in [0.2, 0.25) is 0 Å². The summed E-state index contributed by atoms with van der Waals surface area (Å²) in [6, 6.07) is 13.0. The van der Waals surface area contributed by atoms with Gasteiger partial charge in [-0.15, -0.1) is 0 Å². The summed E-state index contributed by atoms with van der Waals surface area (Å²) in [6.07, 6.45) is 2.93. The first-order chi connectivity index (χ1) is 14.5. The van der Waals surface area contributed by atoms with Gasteiger partial charge in [-0.2, -0.15) is 5.10 Å². The lowest BCUT2D eigenvalue weighted by molar-refractivity contribution is 0.0726. The second kappa shape index (κ2) is 8.96. The predicted molar refractivity (Wildman–Crippen MR) is 117 cm³/mol. The van der Waals surface area contributed by atoms with Gasteiger partial charge in [-0.05, 0) is 62.4 Å². The minimum Gasteiger partial charge on any atom is -0.340 e. The summed E-state index contributed by atoms with van der Waals surface area (Å²) in [5.74, 6) is 0.244. The number of H-pyrrole nitrogens is 1. The quantitative estimate of drug-likeness (QED) is 0.670. The molecule has 0 radical (unpaired) electrons. The number of benzene rings is 2. The van der Waals surface area contributed by atoms with E-state index in [-0.39, 0.29) is 11.7 Å². The van der Waals surface area contributed by atoms with Crippen molar-refractivity contribution in [3.05, 3.63) is 65.1 Å².